The summed E-state index contributed by atoms with van der Waals surface area (Å²) in [6.07, 6.45) is 3.34. The summed E-state index contributed by atoms with van der Waals surface area (Å²) in [5.74, 6) is -9.83. The van der Waals surface area contributed by atoms with Crippen molar-refractivity contribution in [3.63, 3.8) is 0 Å². The van der Waals surface area contributed by atoms with Crippen molar-refractivity contribution in [2.45, 2.75) is 92.3 Å². The largest absolute Gasteiger partial charge is 0.481 e. The summed E-state index contributed by atoms with van der Waals surface area (Å²) in [5, 5.41) is 26.2. The number of rotatable bonds is 17. The molecule has 8 rings (SSSR count). The molecule has 424 valence electrons. The predicted molar refractivity (Wildman–Crippen MR) is 276 cm³/mol. The van der Waals surface area contributed by atoms with Crippen molar-refractivity contribution in [2.24, 2.45) is 22.7 Å². The Kier molecular flexibility index (Phi) is 16.2. The number of alkyl halides is 3. The van der Waals surface area contributed by atoms with Gasteiger partial charge in [-0.2, -0.15) is 0 Å². The Morgan fingerprint density at radius 1 is 0.875 bits per heavy atom. The number of ether oxygens (including phenoxy) is 1. The van der Waals surface area contributed by atoms with E-state index in [2.05, 4.69) is 35.9 Å². The molecule has 80 heavy (non-hydrogen) atoms. The van der Waals surface area contributed by atoms with E-state index in [9.17, 15) is 65.0 Å². The number of sulfone groups is 2. The van der Waals surface area contributed by atoms with Gasteiger partial charge in [0.25, 0.3) is 5.91 Å². The number of esters is 1. The number of aromatic nitrogens is 4. The van der Waals surface area contributed by atoms with Crippen molar-refractivity contribution in [3.05, 3.63) is 102 Å². The van der Waals surface area contributed by atoms with E-state index in [0.717, 1.165) is 42.9 Å². The van der Waals surface area contributed by atoms with E-state index in [1.54, 1.807) is 0 Å². The number of halogens is 4. The fraction of sp³-hybridized carbons (Fsp3) is 0.404. The van der Waals surface area contributed by atoms with Crippen molar-refractivity contribution >= 4 is 77.7 Å². The molecular weight excluding hydrogens is 1120 g/mol. The molecule has 0 bridgehead atoms. The monoisotopic (exact) mass is 1170 g/mol. The molecule has 2 heterocycles. The van der Waals surface area contributed by atoms with Gasteiger partial charge in [0.1, 0.15) is 24.0 Å². The highest BCUT2D eigenvalue weighted by Gasteiger charge is 2.76. The summed E-state index contributed by atoms with van der Waals surface area (Å²) in [6, 6.07) is 3.64. The zero-order valence-electron chi connectivity index (χ0n) is 42.9. The first-order chi connectivity index (χ1) is 37.4. The van der Waals surface area contributed by atoms with Crippen molar-refractivity contribution in [1.29, 1.82) is 0 Å². The Morgan fingerprint density at radius 2 is 1.48 bits per heavy atom. The highest BCUT2D eigenvalue weighted by atomic mass is 32.2. The van der Waals surface area contributed by atoms with Crippen LogP contribution in [0.2, 0.25) is 0 Å². The Morgan fingerprint density at radius 3 is 2.04 bits per heavy atom. The van der Waals surface area contributed by atoms with Crippen LogP contribution in [0.3, 0.4) is 0 Å². The molecule has 0 spiro atoms. The average Bonchev–Trinajstić information content (AvgIpc) is 3.71. The van der Waals surface area contributed by atoms with Gasteiger partial charge in [-0.15, -0.1) is 0 Å². The van der Waals surface area contributed by atoms with Crippen LogP contribution in [0.4, 0.5) is 23.2 Å². The van der Waals surface area contributed by atoms with Crippen LogP contribution >= 0.6 is 11.8 Å². The van der Waals surface area contributed by atoms with Gasteiger partial charge >= 0.3 is 11.9 Å². The molecule has 2 aromatic heterocycles. The molecular formula is C52H51F4N7O14S3. The lowest BCUT2D eigenvalue weighted by Crippen LogP contribution is -2.70. The van der Waals surface area contributed by atoms with Crippen molar-refractivity contribution in [2.75, 3.05) is 30.4 Å². The molecule has 5 N–H and O–H groups in total. The summed E-state index contributed by atoms with van der Waals surface area (Å²) in [6.45, 7) is 1.99. The molecule has 21 nitrogen and oxygen atoms in total. The molecule has 3 saturated carbocycles. The van der Waals surface area contributed by atoms with E-state index in [1.807, 2.05) is 0 Å². The van der Waals surface area contributed by atoms with Gasteiger partial charge in [0, 0.05) is 77.2 Å². The molecule has 0 saturated heterocycles. The number of ketones is 1. The Balaban J connectivity index is 0.996. The maximum Gasteiger partial charge on any atom is 0.339 e. The lowest BCUT2D eigenvalue weighted by atomic mass is 9.44. The highest BCUT2D eigenvalue weighted by molar-refractivity contribution is 8.13. The number of aliphatic hydroxyl groups excluding tert-OH is 1. The number of aliphatic hydroxyl groups is 1. The second-order valence-corrected chi connectivity index (χ2v) is 25.1. The number of aliphatic carboxylic acids is 1. The summed E-state index contributed by atoms with van der Waals surface area (Å²) in [5.41, 5.74) is -8.81. The van der Waals surface area contributed by atoms with Crippen molar-refractivity contribution in [1.82, 2.24) is 30.6 Å². The number of carbonyl (C=O) groups is 7. The number of nitrogens with zero attached hydrogens (tertiary/aromatic N) is 4. The predicted octanol–water partition coefficient (Wildman–Crippen LogP) is 4.67. The van der Waals surface area contributed by atoms with E-state index >= 15 is 13.2 Å². The third-order valence-corrected chi connectivity index (χ3v) is 17.9. The standard InChI is InChI=1S/C52H51F4N7O14S3/c1-49-11-9-32(64)17-35(49)37(55)18-34-33-10-12-51(46(72)78-25-53,50(33,2)19-40(65)52(34,49)56)77-45(71)26-5-6-36(54)39(16-26)63-44(70)38(7-8-42(67)68)62-41(66)24-57-43(69)29-14-27(30-20-58-47(59-21-30)79(3,73)74)13-28(15-29)31-22-60-48(61-23-31)80(4,75)76/h5-6,9,11,13-17,20-23,33-34,37-38,40,65H,7-8,10,12,18-19,24-25H2,1-4H3,(H,57,69)(H,62,66)(H,63,70)(H,67,68)/t33-,34-,37-,38-,40-,49-,50-,51-,52-/m0/s1. The zero-order valence-corrected chi connectivity index (χ0v) is 45.3. The number of carboxylic acids is 1. The van der Waals surface area contributed by atoms with Crippen LogP contribution in [0, 0.1) is 28.5 Å². The first-order valence-corrected chi connectivity index (χ1v) is 29.2. The minimum atomic E-state index is -3.80. The van der Waals surface area contributed by atoms with E-state index in [-0.39, 0.29) is 58.0 Å². The Bertz CT molecular complexity index is 3450. The molecule has 28 heteroatoms. The maximum absolute atomic E-state index is 17.8. The van der Waals surface area contributed by atoms with Crippen LogP contribution in [0.15, 0.2) is 95.3 Å². The van der Waals surface area contributed by atoms with Gasteiger partial charge in [-0.3, -0.25) is 28.8 Å². The minimum absolute atomic E-state index is 0.0513. The number of nitrogens with one attached hydrogen (secondary N) is 3. The van der Waals surface area contributed by atoms with Crippen molar-refractivity contribution < 1.29 is 82.9 Å². The summed E-state index contributed by atoms with van der Waals surface area (Å²) < 4.78 is 118. The molecule has 3 amide bonds. The second-order valence-electron chi connectivity index (χ2n) is 20.4. The van der Waals surface area contributed by atoms with E-state index in [0.29, 0.717) is 0 Å². The van der Waals surface area contributed by atoms with E-state index in [1.165, 1.54) is 62.9 Å². The van der Waals surface area contributed by atoms with Crippen LogP contribution in [0.5, 0.6) is 0 Å². The number of hydrogen-bond acceptors (Lipinski definition) is 18. The van der Waals surface area contributed by atoms with Crippen molar-refractivity contribution in [3.8, 4) is 22.3 Å². The summed E-state index contributed by atoms with van der Waals surface area (Å²) in [7, 11) is -7.61. The Labute approximate surface area is 458 Å². The number of hydrogen-bond donors (Lipinski definition) is 5. The van der Waals surface area contributed by atoms with Gasteiger partial charge < -0.3 is 30.9 Å². The first-order valence-electron chi connectivity index (χ1n) is 24.5. The maximum atomic E-state index is 17.8. The molecule has 3 fully saturated rings. The summed E-state index contributed by atoms with van der Waals surface area (Å²) >= 11 is 0.154. The highest BCUT2D eigenvalue weighted by Crippen LogP contribution is 2.71. The molecule has 9 atom stereocenters. The normalized spacial score (nSPS) is 26.4. The van der Waals surface area contributed by atoms with Crippen LogP contribution < -0.4 is 16.0 Å². The topological polar surface area (TPSA) is 325 Å². The molecule has 4 aliphatic rings. The number of allylic oxidation sites excluding steroid dienone is 4. The van der Waals surface area contributed by atoms with Gasteiger partial charge in [-0.25, -0.2) is 59.1 Å². The number of fused-ring (bicyclic) bond motifs is 5. The Hall–Kier alpha value is -7.30. The molecule has 2 aromatic carbocycles. The van der Waals surface area contributed by atoms with E-state index in [4.69, 9.17) is 4.74 Å². The van der Waals surface area contributed by atoms with Gasteiger partial charge in [-0.05, 0) is 122 Å². The number of amides is 3. The van der Waals surface area contributed by atoms with Crippen LogP contribution in [-0.2, 0) is 48.4 Å². The third kappa shape index (κ3) is 11.0. The molecule has 4 aliphatic carbocycles. The molecule has 0 unspecified atom stereocenters. The quantitative estimate of drug-likeness (QED) is 0.0545. The van der Waals surface area contributed by atoms with Gasteiger partial charge in [-0.1, -0.05) is 13.0 Å². The lowest BCUT2D eigenvalue weighted by Gasteiger charge is -2.63. The average molecular weight is 1170 g/mol. The molecule has 0 radical (unpaired) electrons. The fourth-order valence-corrected chi connectivity index (χ4v) is 13.2. The SMILES string of the molecule is C[C@]12C=CC(=O)C=C1[C@@H](F)C[C@H]1[C@@H]3CC[C@](OC(=O)c4ccc(F)c(NC(=O)[C@H](CCC(=O)O)NC(=O)CNC(=O)c5cc(-c6cnc(S(C)(=O)=O)nc6)cc(-c6cnc(S(C)(=O)=O)nc6)c5)c4)(C(=O)SCF)[C@@]3(C)C[C@H](O)[C@@]12F. The van der Waals surface area contributed by atoms with Crippen LogP contribution in [-0.4, -0.2) is 142 Å². The van der Waals surface area contributed by atoms with Gasteiger partial charge in [0.15, 0.2) is 17.1 Å². The first kappa shape index (κ1) is 58.8. The zero-order chi connectivity index (χ0) is 58.5. The summed E-state index contributed by atoms with van der Waals surface area (Å²) in [4.78, 5) is 109. The molecule has 0 aliphatic heterocycles. The van der Waals surface area contributed by atoms with Crippen LogP contribution in [0.25, 0.3) is 22.3 Å². The fourth-order valence-electron chi connectivity index (χ4n) is 11.5. The molecule has 4 aromatic rings. The minimum Gasteiger partial charge on any atom is -0.481 e. The number of thioether (sulfide) groups is 1. The number of carboxylic acid groups (broad SMARTS) is 1. The number of anilines is 1. The van der Waals surface area contributed by atoms with Gasteiger partial charge in [0.05, 0.1) is 23.9 Å². The number of benzene rings is 2. The van der Waals surface area contributed by atoms with Gasteiger partial charge in [0.2, 0.25) is 46.9 Å². The third-order valence-electron chi connectivity index (χ3n) is 15.5. The lowest BCUT2D eigenvalue weighted by molar-refractivity contribution is -0.219. The van der Waals surface area contributed by atoms with Crippen LogP contribution in [0.1, 0.15) is 73.1 Å². The second kappa shape index (κ2) is 22.0. The number of carbonyl (C=O) groups excluding carboxylic acids is 6. The van der Waals surface area contributed by atoms with E-state index < -0.39 is 178 Å². The smallest absolute Gasteiger partial charge is 0.339 e.